The van der Waals surface area contributed by atoms with E-state index in [1.807, 2.05) is 13.0 Å². The summed E-state index contributed by atoms with van der Waals surface area (Å²) in [5, 5.41) is 16.0. The van der Waals surface area contributed by atoms with E-state index in [0.717, 1.165) is 25.1 Å². The topological polar surface area (TPSA) is 61.4 Å². The number of phenolic OH excluding ortho intramolecular Hbond substituents is 1. The van der Waals surface area contributed by atoms with Gasteiger partial charge in [-0.15, -0.1) is 0 Å². The second-order valence-corrected chi connectivity index (χ2v) is 7.77. The number of carbonyl (C=O) groups is 1. The summed E-state index contributed by atoms with van der Waals surface area (Å²) in [6, 6.07) is 5.24. The number of nitrogens with one attached hydrogen (secondary N) is 2. The molecule has 4 nitrogen and oxygen atoms in total. The van der Waals surface area contributed by atoms with Gasteiger partial charge in [-0.1, -0.05) is 90.0 Å². The SMILES string of the molecule is CCCCCCCCCCCCCCCC(=O)Nc1c(O)cccc1NCC. The molecule has 0 bridgehead atoms. The molecular formula is C24H42N2O2. The lowest BCUT2D eigenvalue weighted by atomic mass is 10.0. The highest BCUT2D eigenvalue weighted by Crippen LogP contribution is 2.31. The summed E-state index contributed by atoms with van der Waals surface area (Å²) in [6.07, 6.45) is 17.4. The lowest BCUT2D eigenvalue weighted by Crippen LogP contribution is -2.13. The molecule has 0 aliphatic heterocycles. The fraction of sp³-hybridized carbons (Fsp3) is 0.708. The van der Waals surface area contributed by atoms with Crippen molar-refractivity contribution < 1.29 is 9.90 Å². The fourth-order valence-corrected chi connectivity index (χ4v) is 3.51. The molecule has 0 saturated carbocycles. The Labute approximate surface area is 172 Å². The molecule has 0 unspecified atom stereocenters. The first-order valence-corrected chi connectivity index (χ1v) is 11.5. The lowest BCUT2D eigenvalue weighted by Gasteiger charge is -2.13. The van der Waals surface area contributed by atoms with Gasteiger partial charge in [0.15, 0.2) is 0 Å². The Balaban J connectivity index is 2.03. The van der Waals surface area contributed by atoms with Crippen molar-refractivity contribution in [2.75, 3.05) is 17.2 Å². The van der Waals surface area contributed by atoms with Crippen molar-refractivity contribution >= 4 is 17.3 Å². The number of hydrogen-bond acceptors (Lipinski definition) is 3. The molecule has 4 heteroatoms. The third kappa shape index (κ3) is 11.2. The van der Waals surface area contributed by atoms with Gasteiger partial charge in [0.05, 0.1) is 5.69 Å². The quantitative estimate of drug-likeness (QED) is 0.194. The number of para-hydroxylation sites is 1. The van der Waals surface area contributed by atoms with Gasteiger partial charge in [-0.25, -0.2) is 0 Å². The highest BCUT2D eigenvalue weighted by molar-refractivity contribution is 5.96. The molecule has 0 saturated heterocycles. The molecule has 0 aliphatic rings. The van der Waals surface area contributed by atoms with E-state index in [4.69, 9.17) is 0 Å². The van der Waals surface area contributed by atoms with Crippen molar-refractivity contribution in [3.8, 4) is 5.75 Å². The first-order chi connectivity index (χ1) is 13.7. The van der Waals surface area contributed by atoms with Gasteiger partial charge < -0.3 is 15.7 Å². The molecule has 0 fully saturated rings. The molecule has 160 valence electrons. The Hall–Kier alpha value is -1.71. The van der Waals surface area contributed by atoms with E-state index < -0.39 is 0 Å². The predicted octanol–water partition coefficient (Wildman–Crippen LogP) is 7.24. The third-order valence-electron chi connectivity index (χ3n) is 5.18. The molecule has 0 aliphatic carbocycles. The van der Waals surface area contributed by atoms with E-state index in [1.54, 1.807) is 12.1 Å². The van der Waals surface area contributed by atoms with E-state index in [1.165, 1.54) is 70.6 Å². The highest BCUT2D eigenvalue weighted by Gasteiger charge is 2.10. The molecular weight excluding hydrogens is 348 g/mol. The molecule has 0 heterocycles. The van der Waals surface area contributed by atoms with Crippen molar-refractivity contribution in [1.29, 1.82) is 0 Å². The van der Waals surface area contributed by atoms with Crippen molar-refractivity contribution in [2.24, 2.45) is 0 Å². The summed E-state index contributed by atoms with van der Waals surface area (Å²) >= 11 is 0. The zero-order valence-electron chi connectivity index (χ0n) is 18.2. The maximum atomic E-state index is 12.2. The summed E-state index contributed by atoms with van der Waals surface area (Å²) in [4.78, 5) is 12.2. The predicted molar refractivity (Wildman–Crippen MR) is 121 cm³/mol. The third-order valence-corrected chi connectivity index (χ3v) is 5.18. The molecule has 1 amide bonds. The Morgan fingerprint density at radius 1 is 0.821 bits per heavy atom. The number of rotatable bonds is 17. The van der Waals surface area contributed by atoms with Gasteiger partial charge in [-0.2, -0.15) is 0 Å². The van der Waals surface area contributed by atoms with Crippen molar-refractivity contribution in [3.05, 3.63) is 18.2 Å². The summed E-state index contributed by atoms with van der Waals surface area (Å²) in [5.41, 5.74) is 1.25. The normalized spacial score (nSPS) is 10.8. The second kappa shape index (κ2) is 16.3. The smallest absolute Gasteiger partial charge is 0.224 e. The fourth-order valence-electron chi connectivity index (χ4n) is 3.51. The second-order valence-electron chi connectivity index (χ2n) is 7.77. The molecule has 28 heavy (non-hydrogen) atoms. The van der Waals surface area contributed by atoms with Crippen LogP contribution in [-0.4, -0.2) is 17.6 Å². The largest absolute Gasteiger partial charge is 0.506 e. The van der Waals surface area contributed by atoms with E-state index in [9.17, 15) is 9.90 Å². The minimum absolute atomic E-state index is 0.0243. The molecule has 0 atom stereocenters. The van der Waals surface area contributed by atoms with Crippen LogP contribution in [0.2, 0.25) is 0 Å². The number of amides is 1. The molecule has 0 aromatic heterocycles. The van der Waals surface area contributed by atoms with Crippen LogP contribution < -0.4 is 10.6 Å². The number of carbonyl (C=O) groups excluding carboxylic acids is 1. The minimum atomic E-state index is -0.0243. The van der Waals surface area contributed by atoms with Gasteiger partial charge in [0, 0.05) is 13.0 Å². The van der Waals surface area contributed by atoms with Crippen LogP contribution in [-0.2, 0) is 4.79 Å². The Morgan fingerprint density at radius 2 is 1.36 bits per heavy atom. The summed E-state index contributed by atoms with van der Waals surface area (Å²) in [6.45, 7) is 5.00. The average molecular weight is 391 g/mol. The highest BCUT2D eigenvalue weighted by atomic mass is 16.3. The summed E-state index contributed by atoms with van der Waals surface area (Å²) in [5.74, 6) is 0.0842. The van der Waals surface area contributed by atoms with Gasteiger partial charge >= 0.3 is 0 Å². The van der Waals surface area contributed by atoms with Crippen LogP contribution in [0.25, 0.3) is 0 Å². The maximum absolute atomic E-state index is 12.2. The Morgan fingerprint density at radius 3 is 1.89 bits per heavy atom. The van der Waals surface area contributed by atoms with Crippen LogP contribution in [0, 0.1) is 0 Å². The zero-order valence-corrected chi connectivity index (χ0v) is 18.2. The van der Waals surface area contributed by atoms with Crippen molar-refractivity contribution in [3.63, 3.8) is 0 Å². The van der Waals surface area contributed by atoms with Crippen LogP contribution in [0.4, 0.5) is 11.4 Å². The number of benzene rings is 1. The standard InChI is InChI=1S/C24H42N2O2/c1-3-5-6-7-8-9-10-11-12-13-14-15-16-20-23(28)26-24-21(25-4-2)18-17-19-22(24)27/h17-19,25,27H,3-16,20H2,1-2H3,(H,26,28). The molecule has 1 rings (SSSR count). The first kappa shape index (κ1) is 24.3. The molecule has 0 spiro atoms. The maximum Gasteiger partial charge on any atom is 0.224 e. The van der Waals surface area contributed by atoms with Crippen LogP contribution in [0.15, 0.2) is 18.2 Å². The summed E-state index contributed by atoms with van der Waals surface area (Å²) in [7, 11) is 0. The van der Waals surface area contributed by atoms with Crippen LogP contribution in [0.3, 0.4) is 0 Å². The first-order valence-electron chi connectivity index (χ1n) is 11.5. The average Bonchev–Trinajstić information content (AvgIpc) is 2.68. The van der Waals surface area contributed by atoms with Crippen molar-refractivity contribution in [1.82, 2.24) is 0 Å². The van der Waals surface area contributed by atoms with Crippen molar-refractivity contribution in [2.45, 2.75) is 104 Å². The van der Waals surface area contributed by atoms with E-state index >= 15 is 0 Å². The van der Waals surface area contributed by atoms with Gasteiger partial charge in [0.25, 0.3) is 0 Å². The van der Waals surface area contributed by atoms with E-state index in [2.05, 4.69) is 17.6 Å². The number of anilines is 2. The van der Waals surface area contributed by atoms with E-state index in [-0.39, 0.29) is 11.7 Å². The van der Waals surface area contributed by atoms with Gasteiger partial charge in [-0.3, -0.25) is 4.79 Å². The number of unbranched alkanes of at least 4 members (excludes halogenated alkanes) is 12. The lowest BCUT2D eigenvalue weighted by molar-refractivity contribution is -0.116. The monoisotopic (exact) mass is 390 g/mol. The van der Waals surface area contributed by atoms with Crippen LogP contribution in [0.1, 0.15) is 104 Å². The van der Waals surface area contributed by atoms with E-state index in [0.29, 0.717) is 12.1 Å². The zero-order chi connectivity index (χ0) is 20.5. The minimum Gasteiger partial charge on any atom is -0.506 e. The van der Waals surface area contributed by atoms with Gasteiger partial charge in [0.2, 0.25) is 5.91 Å². The molecule has 1 aromatic rings. The molecule has 3 N–H and O–H groups in total. The van der Waals surface area contributed by atoms with Gasteiger partial charge in [-0.05, 0) is 25.5 Å². The Kier molecular flexibility index (Phi) is 14.1. The number of hydrogen-bond donors (Lipinski definition) is 3. The summed E-state index contributed by atoms with van der Waals surface area (Å²) < 4.78 is 0. The molecule has 1 aromatic carbocycles. The van der Waals surface area contributed by atoms with Gasteiger partial charge in [0.1, 0.15) is 11.4 Å². The Bertz CT molecular complexity index is 531. The number of phenols is 1. The van der Waals surface area contributed by atoms with Crippen LogP contribution >= 0.6 is 0 Å². The molecule has 0 radical (unpaired) electrons. The number of aromatic hydroxyl groups is 1. The van der Waals surface area contributed by atoms with Crippen LogP contribution in [0.5, 0.6) is 5.75 Å².